The van der Waals surface area contributed by atoms with Crippen molar-refractivity contribution in [3.8, 4) is 5.75 Å². The molecule has 0 aliphatic carbocycles. The summed E-state index contributed by atoms with van der Waals surface area (Å²) in [6.45, 7) is 5.92. The van der Waals surface area contributed by atoms with Gasteiger partial charge in [0.25, 0.3) is 11.8 Å². The van der Waals surface area contributed by atoms with Crippen molar-refractivity contribution in [3.05, 3.63) is 41.5 Å². The van der Waals surface area contributed by atoms with Gasteiger partial charge < -0.3 is 20.4 Å². The van der Waals surface area contributed by atoms with Gasteiger partial charge in [0.15, 0.2) is 6.61 Å². The molecule has 1 aliphatic heterocycles. The highest BCUT2D eigenvalue weighted by Crippen LogP contribution is 2.30. The molecular formula is C17H20N4O3. The third-order valence-corrected chi connectivity index (χ3v) is 3.87. The molecule has 0 bridgehead atoms. The molecule has 0 radical (unpaired) electrons. The number of amides is 2. The molecule has 1 aromatic heterocycles. The first-order valence-corrected chi connectivity index (χ1v) is 7.86. The first-order chi connectivity index (χ1) is 11.4. The van der Waals surface area contributed by atoms with Crippen LogP contribution in [-0.2, 0) is 4.79 Å². The number of carbonyl (C=O) groups excluding carboxylic acids is 2. The van der Waals surface area contributed by atoms with E-state index in [0.717, 1.165) is 11.4 Å². The number of imidazole rings is 1. The SMILES string of the molecule is CC(C)c1ncc(C(=O)N[C@@H](C)c2ccc3c(c2)NC(=O)CO3)[nH]1. The van der Waals surface area contributed by atoms with E-state index in [4.69, 9.17) is 4.74 Å². The molecule has 3 N–H and O–H groups in total. The summed E-state index contributed by atoms with van der Waals surface area (Å²) < 4.78 is 5.33. The number of hydrogen-bond acceptors (Lipinski definition) is 4. The third kappa shape index (κ3) is 3.24. The normalized spacial score (nSPS) is 14.6. The molecule has 126 valence electrons. The Labute approximate surface area is 139 Å². The molecule has 0 saturated heterocycles. The van der Waals surface area contributed by atoms with E-state index < -0.39 is 0 Å². The zero-order valence-corrected chi connectivity index (χ0v) is 13.8. The van der Waals surface area contributed by atoms with Crippen molar-refractivity contribution in [2.75, 3.05) is 11.9 Å². The van der Waals surface area contributed by atoms with Gasteiger partial charge in [-0.25, -0.2) is 4.98 Å². The average Bonchev–Trinajstić information content (AvgIpc) is 3.04. The van der Waals surface area contributed by atoms with Crippen LogP contribution in [0.3, 0.4) is 0 Å². The highest BCUT2D eigenvalue weighted by molar-refractivity contribution is 5.95. The second-order valence-corrected chi connectivity index (χ2v) is 6.12. The van der Waals surface area contributed by atoms with Crippen LogP contribution in [0.4, 0.5) is 5.69 Å². The highest BCUT2D eigenvalue weighted by atomic mass is 16.5. The van der Waals surface area contributed by atoms with Crippen molar-refractivity contribution in [1.29, 1.82) is 0 Å². The van der Waals surface area contributed by atoms with E-state index >= 15 is 0 Å². The number of nitrogens with zero attached hydrogens (tertiary/aromatic N) is 1. The van der Waals surface area contributed by atoms with E-state index in [-0.39, 0.29) is 30.4 Å². The molecule has 0 spiro atoms. The number of hydrogen-bond donors (Lipinski definition) is 3. The van der Waals surface area contributed by atoms with Gasteiger partial charge in [-0.2, -0.15) is 0 Å². The zero-order valence-electron chi connectivity index (χ0n) is 13.8. The lowest BCUT2D eigenvalue weighted by molar-refractivity contribution is -0.118. The van der Waals surface area contributed by atoms with Gasteiger partial charge in [-0.15, -0.1) is 0 Å². The Morgan fingerprint density at radius 2 is 2.12 bits per heavy atom. The van der Waals surface area contributed by atoms with Crippen LogP contribution in [-0.4, -0.2) is 28.4 Å². The topological polar surface area (TPSA) is 96.1 Å². The molecule has 2 heterocycles. The second-order valence-electron chi connectivity index (χ2n) is 6.12. The largest absolute Gasteiger partial charge is 0.482 e. The van der Waals surface area contributed by atoms with Crippen LogP contribution in [0.1, 0.15) is 54.6 Å². The van der Waals surface area contributed by atoms with Crippen LogP contribution in [0.5, 0.6) is 5.75 Å². The third-order valence-electron chi connectivity index (χ3n) is 3.87. The van der Waals surface area contributed by atoms with E-state index in [1.807, 2.05) is 32.9 Å². The lowest BCUT2D eigenvalue weighted by Crippen LogP contribution is -2.28. The van der Waals surface area contributed by atoms with Crippen LogP contribution in [0.2, 0.25) is 0 Å². The number of benzene rings is 1. The van der Waals surface area contributed by atoms with Crippen LogP contribution in [0.25, 0.3) is 0 Å². The number of nitrogens with one attached hydrogen (secondary N) is 3. The van der Waals surface area contributed by atoms with Crippen molar-refractivity contribution in [1.82, 2.24) is 15.3 Å². The number of aromatic amines is 1. The van der Waals surface area contributed by atoms with Gasteiger partial charge >= 0.3 is 0 Å². The summed E-state index contributed by atoms with van der Waals surface area (Å²) in [6, 6.07) is 5.24. The number of ether oxygens (including phenoxy) is 1. The van der Waals surface area contributed by atoms with Crippen molar-refractivity contribution >= 4 is 17.5 Å². The summed E-state index contributed by atoms with van der Waals surface area (Å²) in [5.74, 6) is 1.23. The molecule has 24 heavy (non-hydrogen) atoms. The average molecular weight is 328 g/mol. The lowest BCUT2D eigenvalue weighted by atomic mass is 10.1. The number of aromatic nitrogens is 2. The minimum atomic E-state index is -0.229. The number of rotatable bonds is 4. The molecule has 2 aromatic rings. The van der Waals surface area contributed by atoms with Gasteiger partial charge in [-0.3, -0.25) is 9.59 Å². The maximum atomic E-state index is 12.3. The standard InChI is InChI=1S/C17H20N4O3/c1-9(2)16-18-7-13(21-16)17(23)19-10(3)11-4-5-14-12(6-11)20-15(22)8-24-14/h4-7,9-10H,8H2,1-3H3,(H,18,21)(H,19,23)(H,20,22)/t10-/m0/s1. The number of anilines is 1. The number of fused-ring (bicyclic) bond motifs is 1. The lowest BCUT2D eigenvalue weighted by Gasteiger charge is -2.20. The Bertz CT molecular complexity index is 782. The molecule has 0 fully saturated rings. The van der Waals surface area contributed by atoms with Gasteiger partial charge in [-0.05, 0) is 24.6 Å². The van der Waals surface area contributed by atoms with Crippen molar-refractivity contribution in [3.63, 3.8) is 0 Å². The van der Waals surface area contributed by atoms with E-state index in [9.17, 15) is 9.59 Å². The molecule has 0 unspecified atom stereocenters. The van der Waals surface area contributed by atoms with E-state index in [0.29, 0.717) is 17.1 Å². The molecule has 1 atom stereocenters. The summed E-state index contributed by atoms with van der Waals surface area (Å²) in [5.41, 5.74) is 1.92. The van der Waals surface area contributed by atoms with Gasteiger partial charge in [0.1, 0.15) is 17.3 Å². The van der Waals surface area contributed by atoms with E-state index in [1.54, 1.807) is 6.07 Å². The van der Waals surface area contributed by atoms with Crippen LogP contribution in [0.15, 0.2) is 24.4 Å². The van der Waals surface area contributed by atoms with Gasteiger partial charge in [-0.1, -0.05) is 19.9 Å². The number of H-pyrrole nitrogens is 1. The maximum Gasteiger partial charge on any atom is 0.269 e. The molecule has 1 aromatic carbocycles. The van der Waals surface area contributed by atoms with Crippen molar-refractivity contribution < 1.29 is 14.3 Å². The predicted molar refractivity (Wildman–Crippen MR) is 89.1 cm³/mol. The smallest absolute Gasteiger partial charge is 0.269 e. The Balaban J connectivity index is 1.72. The summed E-state index contributed by atoms with van der Waals surface area (Å²) in [5, 5.41) is 5.68. The summed E-state index contributed by atoms with van der Waals surface area (Å²) in [6.07, 6.45) is 1.54. The van der Waals surface area contributed by atoms with E-state index in [1.165, 1.54) is 6.20 Å². The van der Waals surface area contributed by atoms with Crippen LogP contribution in [0, 0.1) is 0 Å². The highest BCUT2D eigenvalue weighted by Gasteiger charge is 2.19. The summed E-state index contributed by atoms with van der Waals surface area (Å²) in [7, 11) is 0. The van der Waals surface area contributed by atoms with Gasteiger partial charge in [0.05, 0.1) is 17.9 Å². The molecular weight excluding hydrogens is 308 g/mol. The first-order valence-electron chi connectivity index (χ1n) is 7.86. The Kier molecular flexibility index (Phi) is 4.24. The Morgan fingerprint density at radius 3 is 2.83 bits per heavy atom. The van der Waals surface area contributed by atoms with Gasteiger partial charge in [0, 0.05) is 5.92 Å². The van der Waals surface area contributed by atoms with Crippen LogP contribution < -0.4 is 15.4 Å². The minimum absolute atomic E-state index is 0.0244. The molecule has 7 heteroatoms. The van der Waals surface area contributed by atoms with Gasteiger partial charge in [0.2, 0.25) is 0 Å². The number of carbonyl (C=O) groups is 2. The zero-order chi connectivity index (χ0) is 17.3. The Hall–Kier alpha value is -2.83. The minimum Gasteiger partial charge on any atom is -0.482 e. The monoisotopic (exact) mass is 328 g/mol. The first kappa shape index (κ1) is 16.0. The second kappa shape index (κ2) is 6.35. The van der Waals surface area contributed by atoms with Crippen molar-refractivity contribution in [2.45, 2.75) is 32.7 Å². The van der Waals surface area contributed by atoms with E-state index in [2.05, 4.69) is 20.6 Å². The molecule has 0 saturated carbocycles. The fourth-order valence-corrected chi connectivity index (χ4v) is 2.47. The predicted octanol–water partition coefficient (Wildman–Crippen LogP) is 2.35. The summed E-state index contributed by atoms with van der Waals surface area (Å²) >= 11 is 0. The van der Waals surface area contributed by atoms with Crippen LogP contribution >= 0.6 is 0 Å². The fourth-order valence-electron chi connectivity index (χ4n) is 2.47. The molecule has 3 rings (SSSR count). The molecule has 1 aliphatic rings. The fraction of sp³-hybridized carbons (Fsp3) is 0.353. The maximum absolute atomic E-state index is 12.3. The molecule has 7 nitrogen and oxygen atoms in total. The Morgan fingerprint density at radius 1 is 1.33 bits per heavy atom. The quantitative estimate of drug-likeness (QED) is 0.803. The molecule has 2 amide bonds. The van der Waals surface area contributed by atoms with Crippen molar-refractivity contribution in [2.24, 2.45) is 0 Å². The summed E-state index contributed by atoms with van der Waals surface area (Å²) in [4.78, 5) is 31.0.